The van der Waals surface area contributed by atoms with Gasteiger partial charge in [-0.15, -0.1) is 11.3 Å². The zero-order valence-corrected chi connectivity index (χ0v) is 27.7. The van der Waals surface area contributed by atoms with E-state index in [1.807, 2.05) is 35.6 Å². The molecule has 0 saturated heterocycles. The molecule has 3 aromatic heterocycles. The van der Waals surface area contributed by atoms with Gasteiger partial charge in [-0.2, -0.15) is 0 Å². The summed E-state index contributed by atoms with van der Waals surface area (Å²) in [5.41, 5.74) is 8.58. The van der Waals surface area contributed by atoms with Crippen LogP contribution in [-0.4, -0.2) is 19.5 Å². The van der Waals surface area contributed by atoms with Crippen LogP contribution in [0.4, 0.5) is 0 Å². The third kappa shape index (κ3) is 4.71. The molecule has 0 N–H and O–H groups in total. The molecule has 5 heteroatoms. The Hall–Kier alpha value is -6.43. The van der Waals surface area contributed by atoms with Crippen LogP contribution in [0, 0.1) is 0 Å². The molecule has 234 valence electrons. The highest BCUT2D eigenvalue weighted by atomic mass is 32.1. The van der Waals surface area contributed by atoms with Gasteiger partial charge in [0.2, 0.25) is 0 Å². The highest BCUT2D eigenvalue weighted by molar-refractivity contribution is 7.25. The Bertz CT molecular complexity index is 2850. The van der Waals surface area contributed by atoms with Gasteiger partial charge in [0.25, 0.3) is 0 Å². The Kier molecular flexibility index (Phi) is 6.64. The lowest BCUT2D eigenvalue weighted by Crippen LogP contribution is -2.00. The summed E-state index contributed by atoms with van der Waals surface area (Å²) in [5, 5.41) is 4.87. The van der Waals surface area contributed by atoms with E-state index in [2.05, 4.69) is 150 Å². The SMILES string of the molecule is c1ccc(-c2ccc(-c3nc(-c4ccccc4)nc(-c4cccc5c4c4ccccc4n5-c4ccc5c(c4)sc4ccccc45)n3)cc2)cc1. The van der Waals surface area contributed by atoms with Gasteiger partial charge < -0.3 is 4.57 Å². The molecule has 50 heavy (non-hydrogen) atoms. The van der Waals surface area contributed by atoms with E-state index in [0.29, 0.717) is 17.5 Å². The minimum absolute atomic E-state index is 0.643. The van der Waals surface area contributed by atoms with Crippen LogP contribution < -0.4 is 0 Å². The van der Waals surface area contributed by atoms with Crippen molar-refractivity contribution in [2.75, 3.05) is 0 Å². The number of fused-ring (bicyclic) bond motifs is 6. The van der Waals surface area contributed by atoms with Gasteiger partial charge in [0, 0.05) is 53.3 Å². The van der Waals surface area contributed by atoms with Crippen molar-refractivity contribution >= 4 is 53.3 Å². The third-order valence-corrected chi connectivity index (χ3v) is 10.6. The van der Waals surface area contributed by atoms with Crippen LogP contribution >= 0.6 is 11.3 Å². The second-order valence-corrected chi connectivity index (χ2v) is 13.5. The maximum Gasteiger partial charge on any atom is 0.164 e. The van der Waals surface area contributed by atoms with Crippen LogP contribution in [0.3, 0.4) is 0 Å². The molecule has 0 saturated carbocycles. The van der Waals surface area contributed by atoms with Crippen LogP contribution in [-0.2, 0) is 0 Å². The highest BCUT2D eigenvalue weighted by Gasteiger charge is 2.20. The summed E-state index contributed by atoms with van der Waals surface area (Å²) in [4.78, 5) is 15.3. The van der Waals surface area contributed by atoms with Crippen molar-refractivity contribution in [1.82, 2.24) is 19.5 Å². The molecule has 10 rings (SSSR count). The molecule has 0 fully saturated rings. The van der Waals surface area contributed by atoms with E-state index in [1.165, 1.54) is 25.7 Å². The summed E-state index contributed by atoms with van der Waals surface area (Å²) < 4.78 is 4.96. The number of thiophene rings is 1. The van der Waals surface area contributed by atoms with E-state index in [0.717, 1.165) is 49.7 Å². The Morgan fingerprint density at radius 2 is 0.940 bits per heavy atom. The molecular weight excluding hydrogens is 629 g/mol. The summed E-state index contributed by atoms with van der Waals surface area (Å²) in [6, 6.07) is 59.6. The maximum atomic E-state index is 5.18. The van der Waals surface area contributed by atoms with Gasteiger partial charge in [0.1, 0.15) is 0 Å². The molecule has 0 radical (unpaired) electrons. The molecule has 0 amide bonds. The number of para-hydroxylation sites is 1. The van der Waals surface area contributed by atoms with Gasteiger partial charge in [-0.05, 0) is 41.5 Å². The van der Waals surface area contributed by atoms with Gasteiger partial charge in [0.05, 0.1) is 11.0 Å². The fourth-order valence-corrected chi connectivity index (χ4v) is 8.26. The number of hydrogen-bond donors (Lipinski definition) is 0. The second kappa shape index (κ2) is 11.6. The predicted octanol–water partition coefficient (Wildman–Crippen LogP) is 12.0. The second-order valence-electron chi connectivity index (χ2n) is 12.4. The first-order valence-electron chi connectivity index (χ1n) is 16.7. The summed E-state index contributed by atoms with van der Waals surface area (Å²) in [6.45, 7) is 0. The minimum Gasteiger partial charge on any atom is -0.309 e. The van der Waals surface area contributed by atoms with E-state index in [4.69, 9.17) is 15.0 Å². The fourth-order valence-electron chi connectivity index (χ4n) is 7.12. The molecule has 10 aromatic rings. The molecule has 0 bridgehead atoms. The van der Waals surface area contributed by atoms with Crippen LogP contribution in [0.2, 0.25) is 0 Å². The molecule has 0 unspecified atom stereocenters. The fraction of sp³-hybridized carbons (Fsp3) is 0. The van der Waals surface area contributed by atoms with E-state index < -0.39 is 0 Å². The highest BCUT2D eigenvalue weighted by Crippen LogP contribution is 2.40. The zero-order chi connectivity index (χ0) is 33.0. The molecule has 0 aliphatic carbocycles. The molecule has 0 aliphatic rings. The first-order valence-corrected chi connectivity index (χ1v) is 17.5. The van der Waals surface area contributed by atoms with Crippen LogP contribution in [0.5, 0.6) is 0 Å². The Labute approximate surface area is 292 Å². The molecule has 3 heterocycles. The van der Waals surface area contributed by atoms with Crippen molar-refractivity contribution in [3.63, 3.8) is 0 Å². The van der Waals surface area contributed by atoms with Gasteiger partial charge >= 0.3 is 0 Å². The van der Waals surface area contributed by atoms with E-state index >= 15 is 0 Å². The van der Waals surface area contributed by atoms with Crippen LogP contribution in [0.15, 0.2) is 170 Å². The third-order valence-electron chi connectivity index (χ3n) is 9.48. The Morgan fingerprint density at radius 1 is 0.380 bits per heavy atom. The summed E-state index contributed by atoms with van der Waals surface area (Å²) in [5.74, 6) is 1.94. The average molecular weight is 657 g/mol. The van der Waals surface area contributed by atoms with Crippen LogP contribution in [0.1, 0.15) is 0 Å². The van der Waals surface area contributed by atoms with Crippen molar-refractivity contribution in [1.29, 1.82) is 0 Å². The van der Waals surface area contributed by atoms with Gasteiger partial charge in [0.15, 0.2) is 17.5 Å². The molecule has 0 spiro atoms. The molecule has 4 nitrogen and oxygen atoms in total. The van der Waals surface area contributed by atoms with Crippen molar-refractivity contribution in [2.24, 2.45) is 0 Å². The first kappa shape index (κ1) is 28.6. The van der Waals surface area contributed by atoms with Gasteiger partial charge in [-0.3, -0.25) is 0 Å². The summed E-state index contributed by atoms with van der Waals surface area (Å²) in [6.07, 6.45) is 0. The molecule has 0 atom stereocenters. The van der Waals surface area contributed by atoms with Crippen molar-refractivity contribution in [3.05, 3.63) is 170 Å². The number of rotatable bonds is 5. The van der Waals surface area contributed by atoms with Crippen molar-refractivity contribution < 1.29 is 0 Å². The van der Waals surface area contributed by atoms with Crippen molar-refractivity contribution in [3.8, 4) is 51.0 Å². The quantitative estimate of drug-likeness (QED) is 0.185. The Balaban J connectivity index is 1.18. The van der Waals surface area contributed by atoms with Gasteiger partial charge in [-0.1, -0.05) is 140 Å². The van der Waals surface area contributed by atoms with E-state index in [9.17, 15) is 0 Å². The molecule has 7 aromatic carbocycles. The lowest BCUT2D eigenvalue weighted by molar-refractivity contribution is 1.08. The molecule has 0 aliphatic heterocycles. The Morgan fingerprint density at radius 3 is 1.72 bits per heavy atom. The lowest BCUT2D eigenvalue weighted by atomic mass is 10.0. The maximum absolute atomic E-state index is 5.18. The average Bonchev–Trinajstić information content (AvgIpc) is 3.74. The van der Waals surface area contributed by atoms with Crippen LogP contribution in [0.25, 0.3) is 93.0 Å². The number of hydrogen-bond acceptors (Lipinski definition) is 4. The topological polar surface area (TPSA) is 43.6 Å². The smallest absolute Gasteiger partial charge is 0.164 e. The van der Waals surface area contributed by atoms with Crippen molar-refractivity contribution in [2.45, 2.75) is 0 Å². The number of benzene rings is 7. The zero-order valence-electron chi connectivity index (χ0n) is 26.9. The standard InChI is InChI=1S/C45H28N4S/c1-3-12-29(13-4-1)30-22-24-32(25-23-30)44-46-43(31-14-5-2-6-15-31)47-45(48-44)37-18-11-20-39-42(37)36-17-7-9-19-38(36)49(39)33-26-27-35-34-16-8-10-21-40(34)50-41(35)28-33/h1-28H. The summed E-state index contributed by atoms with van der Waals surface area (Å²) in [7, 11) is 0. The van der Waals surface area contributed by atoms with E-state index in [-0.39, 0.29) is 0 Å². The van der Waals surface area contributed by atoms with Gasteiger partial charge in [-0.25, -0.2) is 15.0 Å². The minimum atomic E-state index is 0.643. The lowest BCUT2D eigenvalue weighted by Gasteiger charge is -2.11. The van der Waals surface area contributed by atoms with E-state index in [1.54, 1.807) is 0 Å². The monoisotopic (exact) mass is 656 g/mol. The normalized spacial score (nSPS) is 11.6. The predicted molar refractivity (Wildman–Crippen MR) is 209 cm³/mol. The largest absolute Gasteiger partial charge is 0.309 e. The first-order chi connectivity index (χ1) is 24.8. The number of aromatic nitrogens is 4. The number of nitrogens with zero attached hydrogens (tertiary/aromatic N) is 4. The molecular formula is C45H28N4S. The summed E-state index contributed by atoms with van der Waals surface area (Å²) >= 11 is 1.84.